The van der Waals surface area contributed by atoms with E-state index in [-0.39, 0.29) is 24.0 Å². The molecule has 0 saturated carbocycles. The Hall–Kier alpha value is -1.05. The molecule has 2 N–H and O–H groups in total. The standard InChI is InChI=1S/C16H28N4O.HI/c1-4-7-10-19-16(17-6-3)20-13-14-9-8-11-18-15(14)21-12-5-2;/h8-9,11H,4-7,10,12-13H2,1-3H3,(H2,17,19,20);1H. The highest BCUT2D eigenvalue weighted by molar-refractivity contribution is 14.0. The first-order valence-electron chi connectivity index (χ1n) is 7.90. The van der Waals surface area contributed by atoms with Crippen molar-refractivity contribution in [3.63, 3.8) is 0 Å². The largest absolute Gasteiger partial charge is 0.477 e. The molecule has 0 unspecified atom stereocenters. The van der Waals surface area contributed by atoms with Crippen LogP contribution in [0.1, 0.15) is 45.6 Å². The molecule has 1 heterocycles. The van der Waals surface area contributed by atoms with Crippen LogP contribution in [0.15, 0.2) is 23.3 Å². The third kappa shape index (κ3) is 8.41. The number of aromatic nitrogens is 1. The molecule has 0 atom stereocenters. The number of nitrogens with zero attached hydrogens (tertiary/aromatic N) is 2. The highest BCUT2D eigenvalue weighted by Crippen LogP contribution is 2.15. The molecule has 0 bridgehead atoms. The monoisotopic (exact) mass is 420 g/mol. The van der Waals surface area contributed by atoms with Gasteiger partial charge in [-0.3, -0.25) is 0 Å². The summed E-state index contributed by atoms with van der Waals surface area (Å²) in [4.78, 5) is 8.88. The highest BCUT2D eigenvalue weighted by Gasteiger charge is 2.04. The molecule has 6 heteroatoms. The predicted molar refractivity (Wildman–Crippen MR) is 103 cm³/mol. The summed E-state index contributed by atoms with van der Waals surface area (Å²) < 4.78 is 5.66. The molecule has 0 aliphatic rings. The van der Waals surface area contributed by atoms with Gasteiger partial charge in [0.05, 0.1) is 13.2 Å². The highest BCUT2D eigenvalue weighted by atomic mass is 127. The van der Waals surface area contributed by atoms with E-state index in [1.807, 2.05) is 12.1 Å². The van der Waals surface area contributed by atoms with Gasteiger partial charge in [0, 0.05) is 24.8 Å². The fourth-order valence-corrected chi connectivity index (χ4v) is 1.76. The second-order valence-corrected chi connectivity index (χ2v) is 4.79. The Labute approximate surface area is 151 Å². The lowest BCUT2D eigenvalue weighted by Gasteiger charge is -2.12. The maximum Gasteiger partial charge on any atom is 0.218 e. The van der Waals surface area contributed by atoms with E-state index in [4.69, 9.17) is 4.74 Å². The normalized spacial score (nSPS) is 10.8. The van der Waals surface area contributed by atoms with Crippen LogP contribution in [0.3, 0.4) is 0 Å². The van der Waals surface area contributed by atoms with Crippen molar-refractivity contribution < 1.29 is 4.74 Å². The van der Waals surface area contributed by atoms with Gasteiger partial charge in [-0.15, -0.1) is 24.0 Å². The number of hydrogen-bond acceptors (Lipinski definition) is 3. The van der Waals surface area contributed by atoms with Gasteiger partial charge in [-0.25, -0.2) is 9.98 Å². The van der Waals surface area contributed by atoms with E-state index in [2.05, 4.69) is 41.4 Å². The molecular formula is C16H29IN4O. The zero-order chi connectivity index (χ0) is 15.3. The molecule has 1 aromatic rings. The van der Waals surface area contributed by atoms with E-state index in [1.165, 1.54) is 6.42 Å². The molecule has 126 valence electrons. The molecule has 0 aromatic carbocycles. The number of nitrogens with one attached hydrogen (secondary N) is 2. The van der Waals surface area contributed by atoms with Gasteiger partial charge in [-0.1, -0.05) is 26.3 Å². The molecule has 0 saturated heterocycles. The Kier molecular flexibility index (Phi) is 13.0. The Bertz CT molecular complexity index is 426. The summed E-state index contributed by atoms with van der Waals surface area (Å²) in [6, 6.07) is 3.93. The minimum absolute atomic E-state index is 0. The second kappa shape index (κ2) is 13.6. The van der Waals surface area contributed by atoms with Crippen LogP contribution < -0.4 is 15.4 Å². The fourth-order valence-electron chi connectivity index (χ4n) is 1.76. The number of ether oxygens (including phenoxy) is 1. The van der Waals surface area contributed by atoms with E-state index in [0.717, 1.165) is 37.5 Å². The van der Waals surface area contributed by atoms with Crippen molar-refractivity contribution in [2.75, 3.05) is 19.7 Å². The first-order chi connectivity index (χ1) is 10.3. The van der Waals surface area contributed by atoms with Crippen LogP contribution in [-0.2, 0) is 6.54 Å². The lowest BCUT2D eigenvalue weighted by atomic mass is 10.3. The number of guanidine groups is 1. The molecule has 0 aliphatic heterocycles. The quantitative estimate of drug-likeness (QED) is 0.279. The van der Waals surface area contributed by atoms with Crippen molar-refractivity contribution in [3.8, 4) is 5.88 Å². The molecule has 0 spiro atoms. The van der Waals surface area contributed by atoms with Crippen LogP contribution in [0, 0.1) is 0 Å². The first kappa shape index (κ1) is 20.9. The maximum atomic E-state index is 5.66. The summed E-state index contributed by atoms with van der Waals surface area (Å²) in [5.74, 6) is 1.53. The summed E-state index contributed by atoms with van der Waals surface area (Å²) in [5, 5.41) is 6.58. The number of rotatable bonds is 9. The Morgan fingerprint density at radius 3 is 2.73 bits per heavy atom. The van der Waals surface area contributed by atoms with Gasteiger partial charge in [-0.2, -0.15) is 0 Å². The van der Waals surface area contributed by atoms with Gasteiger partial charge < -0.3 is 15.4 Å². The van der Waals surface area contributed by atoms with Gasteiger partial charge in [-0.05, 0) is 25.8 Å². The van der Waals surface area contributed by atoms with Crippen molar-refractivity contribution in [1.29, 1.82) is 0 Å². The van der Waals surface area contributed by atoms with Crippen LogP contribution in [-0.4, -0.2) is 30.6 Å². The lowest BCUT2D eigenvalue weighted by Crippen LogP contribution is -2.37. The molecule has 22 heavy (non-hydrogen) atoms. The van der Waals surface area contributed by atoms with Crippen LogP contribution in [0.4, 0.5) is 0 Å². The second-order valence-electron chi connectivity index (χ2n) is 4.79. The first-order valence-corrected chi connectivity index (χ1v) is 7.90. The Balaban J connectivity index is 0.00000441. The van der Waals surface area contributed by atoms with Gasteiger partial charge in [0.1, 0.15) is 0 Å². The summed E-state index contributed by atoms with van der Waals surface area (Å²) in [7, 11) is 0. The fraction of sp³-hybridized carbons (Fsp3) is 0.625. The summed E-state index contributed by atoms with van der Waals surface area (Å²) in [6.45, 7) is 9.37. The third-order valence-corrected chi connectivity index (χ3v) is 2.87. The Morgan fingerprint density at radius 1 is 1.23 bits per heavy atom. The van der Waals surface area contributed by atoms with Gasteiger partial charge in [0.25, 0.3) is 0 Å². The van der Waals surface area contributed by atoms with Crippen LogP contribution in [0.5, 0.6) is 5.88 Å². The van der Waals surface area contributed by atoms with Crippen molar-refractivity contribution in [2.45, 2.75) is 46.6 Å². The van der Waals surface area contributed by atoms with E-state index in [9.17, 15) is 0 Å². The van der Waals surface area contributed by atoms with E-state index in [0.29, 0.717) is 19.0 Å². The molecule has 1 aromatic heterocycles. The lowest BCUT2D eigenvalue weighted by molar-refractivity contribution is 0.302. The molecule has 1 rings (SSSR count). The van der Waals surface area contributed by atoms with E-state index < -0.39 is 0 Å². The molecule has 0 aliphatic carbocycles. The van der Waals surface area contributed by atoms with Crippen molar-refractivity contribution in [2.24, 2.45) is 4.99 Å². The minimum atomic E-state index is 0. The molecule has 0 radical (unpaired) electrons. The van der Waals surface area contributed by atoms with Crippen LogP contribution >= 0.6 is 24.0 Å². The predicted octanol–water partition coefficient (Wildman–Crippen LogP) is 3.34. The van der Waals surface area contributed by atoms with Gasteiger partial charge in [0.2, 0.25) is 5.88 Å². The summed E-state index contributed by atoms with van der Waals surface area (Å²) >= 11 is 0. The average Bonchev–Trinajstić information content (AvgIpc) is 2.51. The minimum Gasteiger partial charge on any atom is -0.477 e. The zero-order valence-electron chi connectivity index (χ0n) is 13.9. The number of hydrogen-bond donors (Lipinski definition) is 2. The SMILES string of the molecule is CCCCNC(=NCc1cccnc1OCCC)NCC.I. The van der Waals surface area contributed by atoms with Crippen molar-refractivity contribution in [1.82, 2.24) is 15.6 Å². The molecular weight excluding hydrogens is 391 g/mol. The van der Waals surface area contributed by atoms with Crippen LogP contribution in [0.25, 0.3) is 0 Å². The van der Waals surface area contributed by atoms with Crippen molar-refractivity contribution >= 4 is 29.9 Å². The molecule has 0 amide bonds. The van der Waals surface area contributed by atoms with Gasteiger partial charge in [0.15, 0.2) is 5.96 Å². The number of pyridine rings is 1. The summed E-state index contributed by atoms with van der Waals surface area (Å²) in [6.07, 6.45) is 5.04. The third-order valence-electron chi connectivity index (χ3n) is 2.87. The van der Waals surface area contributed by atoms with Crippen molar-refractivity contribution in [3.05, 3.63) is 23.9 Å². The number of unbranched alkanes of at least 4 members (excludes halogenated alkanes) is 1. The number of aliphatic imine (C=N–C) groups is 1. The van der Waals surface area contributed by atoms with E-state index in [1.54, 1.807) is 6.20 Å². The Morgan fingerprint density at radius 2 is 2.05 bits per heavy atom. The van der Waals surface area contributed by atoms with Crippen LogP contribution in [0.2, 0.25) is 0 Å². The topological polar surface area (TPSA) is 58.5 Å². The van der Waals surface area contributed by atoms with Gasteiger partial charge >= 0.3 is 0 Å². The average molecular weight is 420 g/mol. The zero-order valence-corrected chi connectivity index (χ0v) is 16.2. The molecule has 5 nitrogen and oxygen atoms in total. The maximum absolute atomic E-state index is 5.66. The van der Waals surface area contributed by atoms with E-state index >= 15 is 0 Å². The molecule has 0 fully saturated rings. The number of halogens is 1. The summed E-state index contributed by atoms with van der Waals surface area (Å²) in [5.41, 5.74) is 1.01. The smallest absolute Gasteiger partial charge is 0.218 e.